The van der Waals surface area contributed by atoms with Crippen molar-refractivity contribution in [2.75, 3.05) is 64.4 Å². The highest BCUT2D eigenvalue weighted by molar-refractivity contribution is 5.51. The molecule has 2 fully saturated rings. The highest BCUT2D eigenvalue weighted by Gasteiger charge is 2.10. The smallest absolute Gasteiger partial charge is 0.120 e. The lowest BCUT2D eigenvalue weighted by atomic mass is 10.2. The summed E-state index contributed by atoms with van der Waals surface area (Å²) in [6.45, 7) is 8.84. The molecule has 5 heteroatoms. The van der Waals surface area contributed by atoms with Gasteiger partial charge in [0.25, 0.3) is 0 Å². The molecule has 3 rings (SSSR count). The number of rotatable bonds is 2. The van der Waals surface area contributed by atoms with Crippen molar-refractivity contribution in [2.45, 2.75) is 0 Å². The summed E-state index contributed by atoms with van der Waals surface area (Å²) in [4.78, 5) is 2.37. The average molecular weight is 278 g/mol. The van der Waals surface area contributed by atoms with Gasteiger partial charge >= 0.3 is 0 Å². The van der Waals surface area contributed by atoms with Crippen LogP contribution in [0, 0.1) is 0 Å². The van der Waals surface area contributed by atoms with Crippen molar-refractivity contribution in [3.05, 3.63) is 24.3 Å². The van der Waals surface area contributed by atoms with E-state index in [1.165, 1.54) is 5.69 Å². The number of ether oxygens (including phenoxy) is 1. The fraction of sp³-hybridized carbons (Fsp3) is 0.600. The molecule has 2 aliphatic heterocycles. The maximum absolute atomic E-state index is 5.20. The van der Waals surface area contributed by atoms with Crippen LogP contribution in [0.4, 0.5) is 5.69 Å². The minimum atomic E-state index is 0.932. The van der Waals surface area contributed by atoms with Gasteiger partial charge in [-0.15, -0.1) is 0 Å². The van der Waals surface area contributed by atoms with E-state index in [1.54, 1.807) is 7.11 Å². The van der Waals surface area contributed by atoms with E-state index >= 15 is 0 Å². The number of piperazine rings is 2. The van der Waals surface area contributed by atoms with Crippen molar-refractivity contribution < 1.29 is 4.74 Å². The van der Waals surface area contributed by atoms with Gasteiger partial charge in [-0.25, -0.2) is 0 Å². The second-order valence-corrected chi connectivity index (χ2v) is 4.94. The van der Waals surface area contributed by atoms with E-state index in [2.05, 4.69) is 33.0 Å². The lowest BCUT2D eigenvalue weighted by Gasteiger charge is -2.29. The summed E-state index contributed by atoms with van der Waals surface area (Å²) in [6, 6.07) is 8.24. The molecule has 0 spiro atoms. The Labute approximate surface area is 121 Å². The second kappa shape index (κ2) is 8.79. The Morgan fingerprint density at radius 1 is 0.900 bits per heavy atom. The first-order chi connectivity index (χ1) is 9.90. The Hall–Kier alpha value is -1.30. The van der Waals surface area contributed by atoms with Crippen molar-refractivity contribution in [1.29, 1.82) is 0 Å². The molecule has 0 unspecified atom stereocenters. The number of methoxy groups -OCH3 is 1. The maximum Gasteiger partial charge on any atom is 0.120 e. The molecule has 5 nitrogen and oxygen atoms in total. The predicted octanol–water partition coefficient (Wildman–Crippen LogP) is 0.284. The zero-order chi connectivity index (χ0) is 14.0. The summed E-state index contributed by atoms with van der Waals surface area (Å²) in [5, 5.41) is 9.78. The zero-order valence-corrected chi connectivity index (χ0v) is 12.3. The van der Waals surface area contributed by atoms with Crippen LogP contribution in [0.25, 0.3) is 0 Å². The van der Waals surface area contributed by atoms with E-state index in [0.717, 1.165) is 58.1 Å². The molecule has 1 aromatic rings. The average Bonchev–Trinajstić information content (AvgIpc) is 2.58. The van der Waals surface area contributed by atoms with Crippen LogP contribution in [-0.2, 0) is 0 Å². The molecule has 2 heterocycles. The number of hydrogen-bond acceptors (Lipinski definition) is 5. The van der Waals surface area contributed by atoms with Crippen molar-refractivity contribution in [3.8, 4) is 5.75 Å². The van der Waals surface area contributed by atoms with Crippen LogP contribution in [0.2, 0.25) is 0 Å². The Kier molecular flexibility index (Phi) is 6.63. The van der Waals surface area contributed by atoms with Crippen LogP contribution in [0.3, 0.4) is 0 Å². The van der Waals surface area contributed by atoms with Gasteiger partial charge < -0.3 is 25.6 Å². The van der Waals surface area contributed by atoms with Crippen LogP contribution < -0.4 is 25.6 Å². The monoisotopic (exact) mass is 278 g/mol. The van der Waals surface area contributed by atoms with Gasteiger partial charge in [-0.1, -0.05) is 6.07 Å². The molecule has 112 valence electrons. The summed E-state index contributed by atoms with van der Waals surface area (Å²) in [6.07, 6.45) is 0. The largest absolute Gasteiger partial charge is 0.497 e. The standard InChI is InChI=1S/C11H16N2O.C4H10N2/c1-14-11-4-2-3-10(9-11)13-7-5-12-6-8-13;1-2-6-4-3-5-1/h2-4,9,12H,5-8H2,1H3;5-6H,1-4H2. The van der Waals surface area contributed by atoms with E-state index in [1.807, 2.05) is 12.1 Å². The van der Waals surface area contributed by atoms with Crippen LogP contribution >= 0.6 is 0 Å². The molecule has 20 heavy (non-hydrogen) atoms. The maximum atomic E-state index is 5.20. The lowest BCUT2D eigenvalue weighted by molar-refractivity contribution is 0.414. The number of anilines is 1. The first kappa shape index (κ1) is 15.1. The predicted molar refractivity (Wildman–Crippen MR) is 83.8 cm³/mol. The molecule has 2 saturated heterocycles. The Morgan fingerprint density at radius 3 is 2.05 bits per heavy atom. The Bertz CT molecular complexity index is 364. The summed E-state index contributed by atoms with van der Waals surface area (Å²) in [7, 11) is 1.71. The van der Waals surface area contributed by atoms with Crippen LogP contribution in [0.5, 0.6) is 5.75 Å². The van der Waals surface area contributed by atoms with Crippen LogP contribution in [0.1, 0.15) is 0 Å². The molecule has 0 radical (unpaired) electrons. The Balaban J connectivity index is 0.000000205. The minimum Gasteiger partial charge on any atom is -0.497 e. The number of nitrogens with zero attached hydrogens (tertiary/aromatic N) is 1. The molecule has 0 amide bonds. The molecule has 0 bridgehead atoms. The molecule has 3 N–H and O–H groups in total. The third-order valence-corrected chi connectivity index (χ3v) is 3.49. The molecule has 0 saturated carbocycles. The van der Waals surface area contributed by atoms with Gasteiger partial charge in [0.15, 0.2) is 0 Å². The van der Waals surface area contributed by atoms with Crippen LogP contribution in [0.15, 0.2) is 24.3 Å². The normalized spacial score (nSPS) is 18.9. The fourth-order valence-corrected chi connectivity index (χ4v) is 2.33. The second-order valence-electron chi connectivity index (χ2n) is 4.94. The van der Waals surface area contributed by atoms with E-state index in [0.29, 0.717) is 0 Å². The van der Waals surface area contributed by atoms with E-state index in [4.69, 9.17) is 4.74 Å². The van der Waals surface area contributed by atoms with Gasteiger partial charge in [-0.2, -0.15) is 0 Å². The van der Waals surface area contributed by atoms with Gasteiger partial charge in [0.05, 0.1) is 7.11 Å². The molecular weight excluding hydrogens is 252 g/mol. The zero-order valence-electron chi connectivity index (χ0n) is 12.3. The first-order valence-corrected chi connectivity index (χ1v) is 7.41. The van der Waals surface area contributed by atoms with E-state index in [-0.39, 0.29) is 0 Å². The Morgan fingerprint density at radius 2 is 1.50 bits per heavy atom. The topological polar surface area (TPSA) is 48.6 Å². The molecule has 1 aromatic carbocycles. The first-order valence-electron chi connectivity index (χ1n) is 7.41. The lowest BCUT2D eigenvalue weighted by Crippen LogP contribution is -2.43. The quantitative estimate of drug-likeness (QED) is 0.726. The highest BCUT2D eigenvalue weighted by atomic mass is 16.5. The van der Waals surface area contributed by atoms with Gasteiger partial charge in [0.2, 0.25) is 0 Å². The number of benzene rings is 1. The van der Waals surface area contributed by atoms with Crippen molar-refractivity contribution >= 4 is 5.69 Å². The number of hydrogen-bond donors (Lipinski definition) is 3. The van der Waals surface area contributed by atoms with Gasteiger partial charge in [0.1, 0.15) is 5.75 Å². The van der Waals surface area contributed by atoms with Gasteiger partial charge in [0, 0.05) is 64.1 Å². The fourth-order valence-electron chi connectivity index (χ4n) is 2.33. The third kappa shape index (κ3) is 5.00. The van der Waals surface area contributed by atoms with Gasteiger partial charge in [-0.05, 0) is 12.1 Å². The summed E-state index contributed by atoms with van der Waals surface area (Å²) in [5.74, 6) is 0.932. The van der Waals surface area contributed by atoms with Crippen molar-refractivity contribution in [3.63, 3.8) is 0 Å². The van der Waals surface area contributed by atoms with Crippen molar-refractivity contribution in [2.24, 2.45) is 0 Å². The third-order valence-electron chi connectivity index (χ3n) is 3.49. The molecule has 2 aliphatic rings. The summed E-state index contributed by atoms with van der Waals surface area (Å²) in [5.41, 5.74) is 1.26. The van der Waals surface area contributed by atoms with Crippen LogP contribution in [-0.4, -0.2) is 59.5 Å². The molecule has 0 aliphatic carbocycles. The van der Waals surface area contributed by atoms with E-state index in [9.17, 15) is 0 Å². The SMILES string of the molecule is C1CNCCN1.COc1cccc(N2CCNCC2)c1. The summed E-state index contributed by atoms with van der Waals surface area (Å²) >= 11 is 0. The van der Waals surface area contributed by atoms with Gasteiger partial charge in [-0.3, -0.25) is 0 Å². The van der Waals surface area contributed by atoms with Crippen molar-refractivity contribution in [1.82, 2.24) is 16.0 Å². The molecular formula is C15H26N4O. The molecule has 0 aromatic heterocycles. The minimum absolute atomic E-state index is 0.932. The van der Waals surface area contributed by atoms with E-state index < -0.39 is 0 Å². The summed E-state index contributed by atoms with van der Waals surface area (Å²) < 4.78 is 5.20. The molecule has 0 atom stereocenters. The number of nitrogens with one attached hydrogen (secondary N) is 3. The highest BCUT2D eigenvalue weighted by Crippen LogP contribution is 2.20.